The molecule has 1 N–H and O–H groups in total. The third-order valence-corrected chi connectivity index (χ3v) is 5.16. The lowest BCUT2D eigenvalue weighted by Crippen LogP contribution is -2.16. The van der Waals surface area contributed by atoms with Crippen LogP contribution in [0.4, 0.5) is 5.69 Å². The Labute approximate surface area is 196 Å². The molecule has 0 atom stereocenters. The van der Waals surface area contributed by atoms with Crippen molar-refractivity contribution >= 4 is 17.6 Å². The van der Waals surface area contributed by atoms with Crippen LogP contribution in [-0.2, 0) is 11.8 Å². The lowest BCUT2D eigenvalue weighted by molar-refractivity contribution is 0.0518. The molecule has 0 saturated carbocycles. The number of para-hydroxylation sites is 2. The summed E-state index contributed by atoms with van der Waals surface area (Å²) in [7, 11) is 3.30. The normalized spacial score (nSPS) is 10.7. The van der Waals surface area contributed by atoms with Gasteiger partial charge in [0.1, 0.15) is 17.1 Å². The lowest BCUT2D eigenvalue weighted by atomic mass is 10.1. The third-order valence-electron chi connectivity index (χ3n) is 5.16. The standard InChI is InChI=1S/C25H25N5O4/c1-5-34-25(32)19-15-21(30(28-19)20-11-6-7-12-23(20)33-4)17-9-8-10-18(14-17)26-24(31)22-13-16(2)27-29(22)3/h6-15H,5H2,1-4H3,(H,26,31). The summed E-state index contributed by atoms with van der Waals surface area (Å²) in [4.78, 5) is 25.2. The number of anilines is 1. The molecule has 0 aliphatic carbocycles. The smallest absolute Gasteiger partial charge is 0.358 e. The summed E-state index contributed by atoms with van der Waals surface area (Å²) in [5, 5.41) is 11.6. The molecule has 0 fully saturated rings. The van der Waals surface area contributed by atoms with E-state index in [0.29, 0.717) is 28.5 Å². The molecular formula is C25H25N5O4. The second-order valence-electron chi connectivity index (χ2n) is 7.55. The molecule has 0 unspecified atom stereocenters. The minimum absolute atomic E-state index is 0.169. The summed E-state index contributed by atoms with van der Waals surface area (Å²) in [5.41, 5.74) is 4.01. The van der Waals surface area contributed by atoms with Crippen LogP contribution in [0.5, 0.6) is 5.75 Å². The van der Waals surface area contributed by atoms with Gasteiger partial charge < -0.3 is 14.8 Å². The number of nitrogens with one attached hydrogen (secondary N) is 1. The van der Waals surface area contributed by atoms with Crippen LogP contribution in [0.25, 0.3) is 16.9 Å². The molecule has 9 heteroatoms. The van der Waals surface area contributed by atoms with E-state index < -0.39 is 5.97 Å². The number of carbonyl (C=O) groups excluding carboxylic acids is 2. The number of methoxy groups -OCH3 is 1. The van der Waals surface area contributed by atoms with Gasteiger partial charge in [0.25, 0.3) is 5.91 Å². The minimum atomic E-state index is -0.520. The lowest BCUT2D eigenvalue weighted by Gasteiger charge is -2.12. The first-order valence-corrected chi connectivity index (χ1v) is 10.7. The Morgan fingerprint density at radius 1 is 1.03 bits per heavy atom. The Kier molecular flexibility index (Phi) is 6.44. The molecule has 4 rings (SSSR count). The average molecular weight is 460 g/mol. The predicted molar refractivity (Wildman–Crippen MR) is 127 cm³/mol. The van der Waals surface area contributed by atoms with E-state index in [1.54, 1.807) is 44.0 Å². The topological polar surface area (TPSA) is 100 Å². The molecule has 4 aromatic rings. The fourth-order valence-electron chi connectivity index (χ4n) is 3.65. The van der Waals surface area contributed by atoms with E-state index in [-0.39, 0.29) is 18.2 Å². The van der Waals surface area contributed by atoms with Gasteiger partial charge in [-0.2, -0.15) is 10.2 Å². The maximum absolute atomic E-state index is 12.8. The van der Waals surface area contributed by atoms with Crippen molar-refractivity contribution in [3.63, 3.8) is 0 Å². The van der Waals surface area contributed by atoms with E-state index in [1.807, 2.05) is 49.4 Å². The average Bonchev–Trinajstić information content (AvgIpc) is 3.42. The molecule has 0 saturated heterocycles. The Morgan fingerprint density at radius 3 is 2.53 bits per heavy atom. The highest BCUT2D eigenvalue weighted by atomic mass is 16.5. The zero-order valence-corrected chi connectivity index (χ0v) is 19.4. The minimum Gasteiger partial charge on any atom is -0.494 e. The molecule has 34 heavy (non-hydrogen) atoms. The zero-order valence-electron chi connectivity index (χ0n) is 19.4. The van der Waals surface area contributed by atoms with Gasteiger partial charge in [0, 0.05) is 18.3 Å². The number of ether oxygens (including phenoxy) is 2. The van der Waals surface area contributed by atoms with Crippen LogP contribution in [0.15, 0.2) is 60.7 Å². The molecule has 0 aliphatic heterocycles. The van der Waals surface area contributed by atoms with Gasteiger partial charge in [0.2, 0.25) is 0 Å². The molecular weight excluding hydrogens is 434 g/mol. The van der Waals surface area contributed by atoms with Crippen LogP contribution in [0.2, 0.25) is 0 Å². The predicted octanol–water partition coefficient (Wildman–Crippen LogP) is 4.02. The fourth-order valence-corrected chi connectivity index (χ4v) is 3.65. The quantitative estimate of drug-likeness (QED) is 0.419. The molecule has 9 nitrogen and oxygen atoms in total. The van der Waals surface area contributed by atoms with Gasteiger partial charge in [-0.3, -0.25) is 9.48 Å². The van der Waals surface area contributed by atoms with Crippen LogP contribution < -0.4 is 10.1 Å². The molecule has 174 valence electrons. The van der Waals surface area contributed by atoms with Crippen LogP contribution in [-0.4, -0.2) is 45.2 Å². The Balaban J connectivity index is 1.75. The zero-order chi connectivity index (χ0) is 24.2. The van der Waals surface area contributed by atoms with Crippen molar-refractivity contribution in [3.05, 3.63) is 77.7 Å². The van der Waals surface area contributed by atoms with Crippen molar-refractivity contribution in [1.29, 1.82) is 0 Å². The number of carbonyl (C=O) groups is 2. The Morgan fingerprint density at radius 2 is 1.82 bits per heavy atom. The van der Waals surface area contributed by atoms with Gasteiger partial charge in [0.15, 0.2) is 5.69 Å². The van der Waals surface area contributed by atoms with Gasteiger partial charge in [-0.15, -0.1) is 0 Å². The van der Waals surface area contributed by atoms with Gasteiger partial charge in [0.05, 0.1) is 25.1 Å². The van der Waals surface area contributed by atoms with Gasteiger partial charge >= 0.3 is 5.97 Å². The van der Waals surface area contributed by atoms with Crippen molar-refractivity contribution in [2.75, 3.05) is 19.0 Å². The van der Waals surface area contributed by atoms with Crippen molar-refractivity contribution in [3.8, 4) is 22.7 Å². The number of amides is 1. The van der Waals surface area contributed by atoms with Gasteiger partial charge in [-0.1, -0.05) is 24.3 Å². The maximum Gasteiger partial charge on any atom is 0.358 e. The molecule has 1 amide bonds. The van der Waals surface area contributed by atoms with E-state index in [0.717, 1.165) is 11.3 Å². The Bertz CT molecular complexity index is 1360. The number of hydrogen-bond donors (Lipinski definition) is 1. The van der Waals surface area contributed by atoms with Crippen molar-refractivity contribution in [2.45, 2.75) is 13.8 Å². The van der Waals surface area contributed by atoms with Crippen molar-refractivity contribution < 1.29 is 19.1 Å². The van der Waals surface area contributed by atoms with Crippen molar-refractivity contribution in [1.82, 2.24) is 19.6 Å². The first-order valence-electron chi connectivity index (χ1n) is 10.7. The largest absolute Gasteiger partial charge is 0.494 e. The molecule has 0 radical (unpaired) electrons. The van der Waals surface area contributed by atoms with Crippen molar-refractivity contribution in [2.24, 2.45) is 7.05 Å². The molecule has 0 aliphatic rings. The van der Waals surface area contributed by atoms with Gasteiger partial charge in [-0.05, 0) is 50.2 Å². The summed E-state index contributed by atoms with van der Waals surface area (Å²) < 4.78 is 13.8. The molecule has 0 spiro atoms. The van der Waals surface area contributed by atoms with Gasteiger partial charge in [-0.25, -0.2) is 9.48 Å². The third kappa shape index (κ3) is 4.54. The van der Waals surface area contributed by atoms with E-state index in [9.17, 15) is 9.59 Å². The number of benzene rings is 2. The van der Waals surface area contributed by atoms with Crippen LogP contribution in [0, 0.1) is 6.92 Å². The monoisotopic (exact) mass is 459 g/mol. The van der Waals surface area contributed by atoms with Crippen LogP contribution >= 0.6 is 0 Å². The molecule has 2 aromatic carbocycles. The van der Waals surface area contributed by atoms with E-state index >= 15 is 0 Å². The number of rotatable bonds is 7. The fraction of sp³-hybridized carbons (Fsp3) is 0.200. The highest BCUT2D eigenvalue weighted by Gasteiger charge is 2.20. The Hall–Kier alpha value is -4.40. The molecule has 2 heterocycles. The van der Waals surface area contributed by atoms with Crippen LogP contribution in [0.1, 0.15) is 33.6 Å². The molecule has 0 bridgehead atoms. The second-order valence-corrected chi connectivity index (χ2v) is 7.55. The summed E-state index contributed by atoms with van der Waals surface area (Å²) >= 11 is 0. The SMILES string of the molecule is CCOC(=O)c1cc(-c2cccc(NC(=O)c3cc(C)nn3C)c2)n(-c2ccccc2OC)n1. The highest BCUT2D eigenvalue weighted by Crippen LogP contribution is 2.30. The van der Waals surface area contributed by atoms with E-state index in [1.165, 1.54) is 4.68 Å². The van der Waals surface area contributed by atoms with Crippen LogP contribution in [0.3, 0.4) is 0 Å². The number of esters is 1. The number of aromatic nitrogens is 4. The first-order chi connectivity index (χ1) is 16.4. The van der Waals surface area contributed by atoms with E-state index in [4.69, 9.17) is 9.47 Å². The summed E-state index contributed by atoms with van der Waals surface area (Å²) in [6.07, 6.45) is 0. The highest BCUT2D eigenvalue weighted by molar-refractivity contribution is 6.03. The summed E-state index contributed by atoms with van der Waals surface area (Å²) in [6, 6.07) is 18.1. The number of nitrogens with zero attached hydrogens (tertiary/aromatic N) is 4. The first kappa shape index (κ1) is 22.8. The summed E-state index contributed by atoms with van der Waals surface area (Å²) in [5.74, 6) is -0.197. The maximum atomic E-state index is 12.8. The number of aryl methyl sites for hydroxylation is 2. The molecule has 2 aromatic heterocycles. The summed E-state index contributed by atoms with van der Waals surface area (Å²) in [6.45, 7) is 3.81. The second kappa shape index (κ2) is 9.62. The van der Waals surface area contributed by atoms with E-state index in [2.05, 4.69) is 15.5 Å². The number of hydrogen-bond acceptors (Lipinski definition) is 6.